The highest BCUT2D eigenvalue weighted by atomic mass is 19.3. The average Bonchev–Trinajstić information content (AvgIpc) is 2.14. The van der Waals surface area contributed by atoms with Crippen molar-refractivity contribution in [2.24, 2.45) is 5.92 Å². The molecule has 0 aliphatic rings. The summed E-state index contributed by atoms with van der Waals surface area (Å²) in [7, 11) is 0. The van der Waals surface area contributed by atoms with Crippen LogP contribution >= 0.6 is 0 Å². The van der Waals surface area contributed by atoms with Crippen molar-refractivity contribution in [1.82, 2.24) is 0 Å². The van der Waals surface area contributed by atoms with Gasteiger partial charge in [0.05, 0.1) is 0 Å². The van der Waals surface area contributed by atoms with Gasteiger partial charge in [-0.2, -0.15) is 8.78 Å². The molecule has 0 unspecified atom stereocenters. The number of rotatable bonds is 5. The third kappa shape index (κ3) is 4.01. The molecule has 1 rings (SSSR count). The molecule has 0 amide bonds. The summed E-state index contributed by atoms with van der Waals surface area (Å²) in [6.07, 6.45) is 3.49. The monoisotopic (exact) mass is 225 g/mol. The van der Waals surface area contributed by atoms with Crippen LogP contribution in [-0.2, 0) is 6.42 Å². The highest BCUT2D eigenvalue weighted by molar-refractivity contribution is 5.37. The molecule has 0 atom stereocenters. The van der Waals surface area contributed by atoms with Gasteiger partial charge in [-0.3, -0.25) is 0 Å². The molecule has 0 fully saturated rings. The Morgan fingerprint density at radius 1 is 1.31 bits per heavy atom. The van der Waals surface area contributed by atoms with Gasteiger partial charge in [0.15, 0.2) is 0 Å². The Hall–Kier alpha value is -1.38. The fourth-order valence-corrected chi connectivity index (χ4v) is 1.52. The summed E-state index contributed by atoms with van der Waals surface area (Å²) in [5, 5.41) is 0. The summed E-state index contributed by atoms with van der Waals surface area (Å²) in [6.45, 7) is 4.84. The first-order valence-electron chi connectivity index (χ1n) is 5.13. The van der Waals surface area contributed by atoms with Crippen LogP contribution in [-0.4, -0.2) is 6.61 Å². The van der Waals surface area contributed by atoms with Crippen molar-refractivity contribution < 1.29 is 13.5 Å². The summed E-state index contributed by atoms with van der Waals surface area (Å²) in [5.41, 5.74) is 1.63. The standard InChI is InChI=1S/C13H15F2O/c1-4-10-6-11(5-9(2)3)8-12(7-10)16-13(14)15/h6-9,13H,1,5H2,2-3H3. The van der Waals surface area contributed by atoms with E-state index in [1.807, 2.05) is 6.07 Å². The second kappa shape index (κ2) is 5.64. The molecule has 0 N–H and O–H groups in total. The van der Waals surface area contributed by atoms with E-state index in [9.17, 15) is 8.78 Å². The molecule has 0 saturated heterocycles. The second-order valence-corrected chi connectivity index (χ2v) is 4.02. The van der Waals surface area contributed by atoms with Gasteiger partial charge in [-0.15, -0.1) is 0 Å². The largest absolute Gasteiger partial charge is 0.435 e. The van der Waals surface area contributed by atoms with Gasteiger partial charge in [0, 0.05) is 0 Å². The Bertz CT molecular complexity index is 331. The second-order valence-electron chi connectivity index (χ2n) is 4.02. The zero-order chi connectivity index (χ0) is 12.1. The average molecular weight is 225 g/mol. The lowest BCUT2D eigenvalue weighted by molar-refractivity contribution is -0.0498. The molecule has 0 aliphatic carbocycles. The van der Waals surface area contributed by atoms with Gasteiger partial charge >= 0.3 is 6.61 Å². The molecule has 0 aliphatic heterocycles. The number of halogens is 2. The summed E-state index contributed by atoms with van der Waals surface area (Å²) in [4.78, 5) is 0. The van der Waals surface area contributed by atoms with Gasteiger partial charge in [0.2, 0.25) is 0 Å². The van der Waals surface area contributed by atoms with E-state index in [4.69, 9.17) is 0 Å². The molecule has 1 radical (unpaired) electrons. The number of alkyl halides is 2. The zero-order valence-corrected chi connectivity index (χ0v) is 9.47. The zero-order valence-electron chi connectivity index (χ0n) is 9.47. The van der Waals surface area contributed by atoms with Gasteiger partial charge in [0.1, 0.15) is 5.75 Å². The Morgan fingerprint density at radius 3 is 2.50 bits per heavy atom. The molecule has 0 bridgehead atoms. The van der Waals surface area contributed by atoms with Gasteiger partial charge in [0.25, 0.3) is 0 Å². The molecule has 0 spiro atoms. The van der Waals surface area contributed by atoms with Crippen LogP contribution in [0.4, 0.5) is 8.78 Å². The predicted octanol–water partition coefficient (Wildman–Crippen LogP) is 3.82. The van der Waals surface area contributed by atoms with Gasteiger partial charge < -0.3 is 4.74 Å². The van der Waals surface area contributed by atoms with Gasteiger partial charge in [-0.05, 0) is 41.7 Å². The third-order valence-corrected chi connectivity index (χ3v) is 2.04. The fourth-order valence-electron chi connectivity index (χ4n) is 1.52. The normalized spacial score (nSPS) is 10.9. The first-order valence-corrected chi connectivity index (χ1v) is 5.13. The lowest BCUT2D eigenvalue weighted by Gasteiger charge is -2.10. The minimum atomic E-state index is -2.80. The lowest BCUT2D eigenvalue weighted by Crippen LogP contribution is -2.03. The highest BCUT2D eigenvalue weighted by Crippen LogP contribution is 2.21. The minimum absolute atomic E-state index is 0.166. The summed E-state index contributed by atoms with van der Waals surface area (Å²) in [6, 6.07) is 5.02. The number of hydrogen-bond acceptors (Lipinski definition) is 1. The summed E-state index contributed by atoms with van der Waals surface area (Å²) >= 11 is 0. The smallest absolute Gasteiger partial charge is 0.387 e. The fraction of sp³-hybridized carbons (Fsp3) is 0.385. The van der Waals surface area contributed by atoms with Crippen LogP contribution in [0.5, 0.6) is 5.75 Å². The van der Waals surface area contributed by atoms with Crippen molar-refractivity contribution in [2.45, 2.75) is 26.9 Å². The molecule has 87 valence electrons. The third-order valence-electron chi connectivity index (χ3n) is 2.04. The molecule has 3 heteroatoms. The van der Waals surface area contributed by atoms with Crippen LogP contribution in [0.25, 0.3) is 0 Å². The molecular formula is C13H15F2O. The van der Waals surface area contributed by atoms with Crippen molar-refractivity contribution in [2.75, 3.05) is 0 Å². The van der Waals surface area contributed by atoms with E-state index < -0.39 is 6.61 Å². The first-order chi connectivity index (χ1) is 7.51. The van der Waals surface area contributed by atoms with E-state index in [1.54, 1.807) is 6.07 Å². The molecule has 0 heterocycles. The first kappa shape index (κ1) is 12.7. The SMILES string of the molecule is C=[C]c1cc(CC(C)C)cc(OC(F)F)c1. The van der Waals surface area contributed by atoms with E-state index in [2.05, 4.69) is 31.2 Å². The minimum Gasteiger partial charge on any atom is -0.435 e. The molecule has 0 aromatic heterocycles. The maximum absolute atomic E-state index is 12.1. The van der Waals surface area contributed by atoms with Crippen LogP contribution < -0.4 is 4.74 Å². The quantitative estimate of drug-likeness (QED) is 0.740. The van der Waals surface area contributed by atoms with Crippen LogP contribution in [0.1, 0.15) is 25.0 Å². The van der Waals surface area contributed by atoms with E-state index in [0.29, 0.717) is 11.5 Å². The number of ether oxygens (including phenoxy) is 1. The highest BCUT2D eigenvalue weighted by Gasteiger charge is 2.07. The van der Waals surface area contributed by atoms with Crippen LogP contribution in [0.2, 0.25) is 0 Å². The molecule has 1 nitrogen and oxygen atoms in total. The maximum Gasteiger partial charge on any atom is 0.387 e. The molecule has 1 aromatic rings. The van der Waals surface area contributed by atoms with Gasteiger partial charge in [-0.1, -0.05) is 26.5 Å². The lowest BCUT2D eigenvalue weighted by atomic mass is 10.0. The molecule has 1 aromatic carbocycles. The number of hydrogen-bond donors (Lipinski definition) is 0. The Morgan fingerprint density at radius 2 is 2.00 bits per heavy atom. The Kier molecular flexibility index (Phi) is 4.47. The van der Waals surface area contributed by atoms with Crippen molar-refractivity contribution in [1.29, 1.82) is 0 Å². The van der Waals surface area contributed by atoms with Crippen molar-refractivity contribution >= 4 is 0 Å². The number of benzene rings is 1. The molecule has 0 saturated carbocycles. The Balaban J connectivity index is 2.95. The van der Waals surface area contributed by atoms with E-state index >= 15 is 0 Å². The maximum atomic E-state index is 12.1. The van der Waals surface area contributed by atoms with E-state index in [0.717, 1.165) is 12.0 Å². The van der Waals surface area contributed by atoms with Crippen molar-refractivity contribution in [3.05, 3.63) is 42.0 Å². The summed E-state index contributed by atoms with van der Waals surface area (Å²) < 4.78 is 28.6. The van der Waals surface area contributed by atoms with Crippen LogP contribution in [0.15, 0.2) is 24.8 Å². The predicted molar refractivity (Wildman–Crippen MR) is 59.6 cm³/mol. The molecular weight excluding hydrogens is 210 g/mol. The Labute approximate surface area is 94.7 Å². The molecule has 16 heavy (non-hydrogen) atoms. The van der Waals surface area contributed by atoms with E-state index in [1.165, 1.54) is 6.07 Å². The van der Waals surface area contributed by atoms with E-state index in [-0.39, 0.29) is 5.75 Å². The van der Waals surface area contributed by atoms with Crippen LogP contribution in [0, 0.1) is 12.0 Å². The summed E-state index contributed by atoms with van der Waals surface area (Å²) in [5.74, 6) is 0.624. The van der Waals surface area contributed by atoms with Crippen molar-refractivity contribution in [3.8, 4) is 5.75 Å². The van der Waals surface area contributed by atoms with Crippen molar-refractivity contribution in [3.63, 3.8) is 0 Å². The topological polar surface area (TPSA) is 9.23 Å². The van der Waals surface area contributed by atoms with Gasteiger partial charge in [-0.25, -0.2) is 0 Å². The van der Waals surface area contributed by atoms with Crippen LogP contribution in [0.3, 0.4) is 0 Å².